The molecule has 1 N–H and O–H groups in total. The van der Waals surface area contributed by atoms with Gasteiger partial charge in [-0.15, -0.1) is 0 Å². The van der Waals surface area contributed by atoms with E-state index in [-0.39, 0.29) is 11.7 Å². The summed E-state index contributed by atoms with van der Waals surface area (Å²) in [6.45, 7) is 1.18. The van der Waals surface area contributed by atoms with Crippen molar-refractivity contribution in [2.75, 3.05) is 13.7 Å². The molecule has 0 spiro atoms. The number of benzene rings is 1. The second-order valence-corrected chi connectivity index (χ2v) is 5.62. The molecule has 0 radical (unpaired) electrons. The Hall–Kier alpha value is -1.99. The molecule has 6 nitrogen and oxygen atoms in total. The van der Waals surface area contributed by atoms with Crippen molar-refractivity contribution < 1.29 is 14.3 Å². The SMILES string of the molecule is COC(=O)c1ccc2c(=O)n(C[C@@H]3CCCO3)c(=S)[nH]c2c1. The van der Waals surface area contributed by atoms with E-state index in [9.17, 15) is 9.59 Å². The van der Waals surface area contributed by atoms with Crippen LogP contribution in [-0.4, -0.2) is 35.3 Å². The van der Waals surface area contributed by atoms with Crippen molar-refractivity contribution in [3.8, 4) is 0 Å². The summed E-state index contributed by atoms with van der Waals surface area (Å²) in [6, 6.07) is 4.76. The Labute approximate surface area is 131 Å². The quantitative estimate of drug-likeness (QED) is 0.692. The number of carbonyl (C=O) groups excluding carboxylic acids is 1. The molecular weight excluding hydrogens is 304 g/mol. The van der Waals surface area contributed by atoms with E-state index in [2.05, 4.69) is 9.72 Å². The number of fused-ring (bicyclic) bond motifs is 1. The Morgan fingerprint density at radius 2 is 2.36 bits per heavy atom. The maximum Gasteiger partial charge on any atom is 0.337 e. The van der Waals surface area contributed by atoms with Crippen molar-refractivity contribution in [2.45, 2.75) is 25.5 Å². The summed E-state index contributed by atoms with van der Waals surface area (Å²) in [5, 5.41) is 0.485. The first-order valence-electron chi connectivity index (χ1n) is 7.07. The number of hydrogen-bond donors (Lipinski definition) is 1. The summed E-state index contributed by atoms with van der Waals surface area (Å²) in [5.74, 6) is -0.454. The van der Waals surface area contributed by atoms with Crippen LogP contribution >= 0.6 is 12.2 Å². The van der Waals surface area contributed by atoms with Gasteiger partial charge in [0.05, 0.1) is 36.2 Å². The van der Waals surface area contributed by atoms with Crippen LogP contribution in [0.1, 0.15) is 23.2 Å². The van der Waals surface area contributed by atoms with Gasteiger partial charge in [0, 0.05) is 6.61 Å². The summed E-state index contributed by atoms with van der Waals surface area (Å²) in [5.41, 5.74) is 0.726. The van der Waals surface area contributed by atoms with E-state index in [1.54, 1.807) is 18.2 Å². The van der Waals surface area contributed by atoms with Crippen molar-refractivity contribution >= 4 is 29.1 Å². The van der Waals surface area contributed by atoms with Crippen LogP contribution in [0, 0.1) is 4.77 Å². The average Bonchev–Trinajstić information content (AvgIpc) is 3.03. The van der Waals surface area contributed by atoms with Crippen LogP contribution in [0.2, 0.25) is 0 Å². The van der Waals surface area contributed by atoms with Gasteiger partial charge in [-0.25, -0.2) is 4.79 Å². The zero-order valence-corrected chi connectivity index (χ0v) is 12.9. The Morgan fingerprint density at radius 3 is 3.05 bits per heavy atom. The van der Waals surface area contributed by atoms with Gasteiger partial charge in [-0.2, -0.15) is 0 Å². The zero-order valence-electron chi connectivity index (χ0n) is 12.1. The number of nitrogens with one attached hydrogen (secondary N) is 1. The molecule has 7 heteroatoms. The standard InChI is InChI=1S/C15H16N2O4S/c1-20-14(19)9-4-5-11-12(7-9)16-15(22)17(13(11)18)8-10-3-2-6-21-10/h4-5,7,10H,2-3,6,8H2,1H3,(H,16,22)/t10-/m0/s1. The number of H-pyrrole nitrogens is 1. The first kappa shape index (κ1) is 14.9. The van der Waals surface area contributed by atoms with E-state index in [4.69, 9.17) is 17.0 Å². The maximum absolute atomic E-state index is 12.6. The maximum atomic E-state index is 12.6. The number of nitrogens with zero attached hydrogens (tertiary/aromatic N) is 1. The highest BCUT2D eigenvalue weighted by Crippen LogP contribution is 2.15. The van der Waals surface area contributed by atoms with E-state index >= 15 is 0 Å². The fourth-order valence-electron chi connectivity index (χ4n) is 2.66. The van der Waals surface area contributed by atoms with E-state index in [0.717, 1.165) is 19.4 Å². The second kappa shape index (κ2) is 6.02. The van der Waals surface area contributed by atoms with Crippen molar-refractivity contribution in [1.82, 2.24) is 9.55 Å². The van der Waals surface area contributed by atoms with E-state index in [1.165, 1.54) is 11.7 Å². The number of rotatable bonds is 3. The Morgan fingerprint density at radius 1 is 1.55 bits per heavy atom. The second-order valence-electron chi connectivity index (χ2n) is 5.23. The van der Waals surface area contributed by atoms with Gasteiger partial charge in [-0.1, -0.05) is 0 Å². The zero-order chi connectivity index (χ0) is 15.7. The third-order valence-electron chi connectivity index (χ3n) is 3.81. The fraction of sp³-hybridized carbons (Fsp3) is 0.400. The molecule has 1 aliphatic rings. The summed E-state index contributed by atoms with van der Waals surface area (Å²) in [4.78, 5) is 27.2. The highest BCUT2D eigenvalue weighted by atomic mass is 32.1. The number of carbonyl (C=O) groups is 1. The van der Waals surface area contributed by atoms with Gasteiger partial charge in [-0.3, -0.25) is 9.36 Å². The number of aromatic amines is 1. The molecule has 1 fully saturated rings. The van der Waals surface area contributed by atoms with Crippen molar-refractivity contribution in [3.63, 3.8) is 0 Å². The lowest BCUT2D eigenvalue weighted by Gasteiger charge is -2.13. The van der Waals surface area contributed by atoms with Crippen molar-refractivity contribution in [2.24, 2.45) is 0 Å². The first-order chi connectivity index (χ1) is 10.6. The van der Waals surface area contributed by atoms with Gasteiger partial charge in [0.15, 0.2) is 4.77 Å². The number of aromatic nitrogens is 2. The van der Waals surface area contributed by atoms with Crippen LogP contribution < -0.4 is 5.56 Å². The molecule has 1 aliphatic heterocycles. The number of esters is 1. The van der Waals surface area contributed by atoms with Crippen LogP contribution in [0.3, 0.4) is 0 Å². The minimum atomic E-state index is -0.454. The largest absolute Gasteiger partial charge is 0.465 e. The summed E-state index contributed by atoms with van der Waals surface area (Å²) in [6.07, 6.45) is 1.96. The molecule has 0 bridgehead atoms. The molecule has 0 amide bonds. The molecule has 22 heavy (non-hydrogen) atoms. The molecule has 1 aromatic carbocycles. The molecule has 0 saturated carbocycles. The van der Waals surface area contributed by atoms with Crippen molar-refractivity contribution in [3.05, 3.63) is 38.9 Å². The van der Waals surface area contributed by atoms with Gasteiger partial charge in [0.2, 0.25) is 0 Å². The molecule has 2 aromatic rings. The number of ether oxygens (including phenoxy) is 2. The summed E-state index contributed by atoms with van der Waals surface area (Å²) < 4.78 is 12.1. The molecule has 116 valence electrons. The molecular formula is C15H16N2O4S. The Balaban J connectivity index is 2.07. The topological polar surface area (TPSA) is 73.3 Å². The van der Waals surface area contributed by atoms with E-state index < -0.39 is 5.97 Å². The highest BCUT2D eigenvalue weighted by molar-refractivity contribution is 7.71. The van der Waals surface area contributed by atoms with Gasteiger partial charge >= 0.3 is 5.97 Å². The predicted molar refractivity (Wildman–Crippen MR) is 83.7 cm³/mol. The minimum Gasteiger partial charge on any atom is -0.465 e. The first-order valence-corrected chi connectivity index (χ1v) is 7.48. The van der Waals surface area contributed by atoms with Crippen LogP contribution in [-0.2, 0) is 16.0 Å². The fourth-order valence-corrected chi connectivity index (χ4v) is 2.92. The number of methoxy groups -OCH3 is 1. The van der Waals surface area contributed by atoms with Crippen LogP contribution in [0.4, 0.5) is 0 Å². The molecule has 0 unspecified atom stereocenters. The van der Waals surface area contributed by atoms with Gasteiger partial charge < -0.3 is 14.5 Å². The molecule has 1 atom stereocenters. The third-order valence-corrected chi connectivity index (χ3v) is 4.14. The van der Waals surface area contributed by atoms with Gasteiger partial charge in [0.25, 0.3) is 5.56 Å². The molecule has 1 aromatic heterocycles. The highest BCUT2D eigenvalue weighted by Gasteiger charge is 2.18. The molecule has 1 saturated heterocycles. The Bertz CT molecular complexity index is 834. The summed E-state index contributed by atoms with van der Waals surface area (Å²) >= 11 is 5.27. The normalized spacial score (nSPS) is 17.8. The lowest BCUT2D eigenvalue weighted by atomic mass is 10.1. The minimum absolute atomic E-state index is 0.0274. The average molecular weight is 320 g/mol. The Kier molecular flexibility index (Phi) is 4.08. The molecule has 3 rings (SSSR count). The lowest BCUT2D eigenvalue weighted by Crippen LogP contribution is -2.28. The van der Waals surface area contributed by atoms with Crippen LogP contribution in [0.15, 0.2) is 23.0 Å². The van der Waals surface area contributed by atoms with Crippen LogP contribution in [0.25, 0.3) is 10.9 Å². The molecule has 0 aliphatic carbocycles. The van der Waals surface area contributed by atoms with Gasteiger partial charge in [-0.05, 0) is 43.3 Å². The predicted octanol–water partition coefficient (Wildman–Crippen LogP) is 2.02. The monoisotopic (exact) mass is 320 g/mol. The van der Waals surface area contributed by atoms with E-state index in [0.29, 0.717) is 27.8 Å². The van der Waals surface area contributed by atoms with Gasteiger partial charge in [0.1, 0.15) is 0 Å². The van der Waals surface area contributed by atoms with Crippen molar-refractivity contribution in [1.29, 1.82) is 0 Å². The third kappa shape index (κ3) is 2.69. The molecule has 2 heterocycles. The lowest BCUT2D eigenvalue weighted by molar-refractivity contribution is 0.0601. The van der Waals surface area contributed by atoms with Crippen LogP contribution in [0.5, 0.6) is 0 Å². The summed E-state index contributed by atoms with van der Waals surface area (Å²) in [7, 11) is 1.31. The van der Waals surface area contributed by atoms with E-state index in [1.807, 2.05) is 0 Å². The number of hydrogen-bond acceptors (Lipinski definition) is 5. The smallest absolute Gasteiger partial charge is 0.337 e.